The van der Waals surface area contributed by atoms with Crippen molar-refractivity contribution in [1.29, 1.82) is 0 Å². The van der Waals surface area contributed by atoms with Crippen molar-refractivity contribution in [2.45, 2.75) is 13.5 Å². The summed E-state index contributed by atoms with van der Waals surface area (Å²) in [5, 5.41) is 13.9. The molecule has 0 radical (unpaired) electrons. The van der Waals surface area contributed by atoms with E-state index in [-0.39, 0.29) is 12.6 Å². The molecule has 0 aliphatic rings. The molecule has 18 heavy (non-hydrogen) atoms. The second-order valence-electron chi connectivity index (χ2n) is 3.87. The number of amides is 2. The van der Waals surface area contributed by atoms with Crippen molar-refractivity contribution in [2.24, 2.45) is 0 Å². The Morgan fingerprint density at radius 1 is 1.28 bits per heavy atom. The van der Waals surface area contributed by atoms with Crippen molar-refractivity contribution < 1.29 is 14.6 Å². The molecular formula is C13H20N2O3. The van der Waals surface area contributed by atoms with Gasteiger partial charge in [0.25, 0.3) is 0 Å². The quantitative estimate of drug-likeness (QED) is 0.629. The summed E-state index contributed by atoms with van der Waals surface area (Å²) in [5.74, 6) is 0. The number of hydrogen-bond acceptors (Lipinski definition) is 3. The molecule has 0 aliphatic carbocycles. The minimum absolute atomic E-state index is 0.000515. The average Bonchev–Trinajstić information content (AvgIpc) is 2.37. The van der Waals surface area contributed by atoms with Crippen LogP contribution in [-0.4, -0.2) is 37.5 Å². The molecule has 0 saturated heterocycles. The van der Waals surface area contributed by atoms with Crippen LogP contribution < -0.4 is 10.6 Å². The Morgan fingerprint density at radius 3 is 2.78 bits per heavy atom. The Balaban J connectivity index is 2.15. The van der Waals surface area contributed by atoms with Gasteiger partial charge in [-0.25, -0.2) is 4.79 Å². The third-order valence-electron chi connectivity index (χ3n) is 2.47. The molecule has 0 aliphatic heterocycles. The van der Waals surface area contributed by atoms with Crippen LogP contribution in [0.4, 0.5) is 4.79 Å². The molecule has 1 rings (SSSR count). The van der Waals surface area contributed by atoms with E-state index in [1.54, 1.807) is 0 Å². The third kappa shape index (κ3) is 5.65. The second kappa shape index (κ2) is 8.49. The molecular weight excluding hydrogens is 232 g/mol. The molecule has 0 aromatic heterocycles. The van der Waals surface area contributed by atoms with Crippen molar-refractivity contribution in [3.63, 3.8) is 0 Å². The normalized spacial score (nSPS) is 10.1. The van der Waals surface area contributed by atoms with E-state index < -0.39 is 0 Å². The van der Waals surface area contributed by atoms with Gasteiger partial charge < -0.3 is 20.5 Å². The van der Waals surface area contributed by atoms with E-state index in [1.807, 2.05) is 31.2 Å². The summed E-state index contributed by atoms with van der Waals surface area (Å²) in [6, 6.07) is 7.70. The van der Waals surface area contributed by atoms with E-state index in [9.17, 15) is 4.79 Å². The summed E-state index contributed by atoms with van der Waals surface area (Å²) in [5.41, 5.74) is 2.26. The van der Waals surface area contributed by atoms with Crippen LogP contribution in [0.3, 0.4) is 0 Å². The fourth-order valence-corrected chi connectivity index (χ4v) is 1.45. The van der Waals surface area contributed by atoms with Gasteiger partial charge in [-0.2, -0.15) is 0 Å². The highest BCUT2D eigenvalue weighted by Gasteiger charge is 2.01. The van der Waals surface area contributed by atoms with E-state index in [0.717, 1.165) is 11.1 Å². The molecule has 1 aromatic carbocycles. The second-order valence-corrected chi connectivity index (χ2v) is 3.87. The molecule has 0 unspecified atom stereocenters. The summed E-state index contributed by atoms with van der Waals surface area (Å²) < 4.78 is 5.02. The first-order valence-corrected chi connectivity index (χ1v) is 5.99. The number of hydrogen-bond donors (Lipinski definition) is 3. The van der Waals surface area contributed by atoms with Gasteiger partial charge in [-0.05, 0) is 18.1 Å². The lowest BCUT2D eigenvalue weighted by atomic mass is 10.1. The maximum absolute atomic E-state index is 11.4. The van der Waals surface area contributed by atoms with Crippen LogP contribution in [0.25, 0.3) is 0 Å². The number of ether oxygens (including phenoxy) is 1. The molecule has 100 valence electrons. The number of carbonyl (C=O) groups is 1. The van der Waals surface area contributed by atoms with Crippen LogP contribution in [0, 0.1) is 6.92 Å². The third-order valence-corrected chi connectivity index (χ3v) is 2.47. The highest BCUT2D eigenvalue weighted by atomic mass is 16.5. The molecule has 5 nitrogen and oxygen atoms in total. The first kappa shape index (κ1) is 14.5. The lowest BCUT2D eigenvalue weighted by Crippen LogP contribution is -2.37. The topological polar surface area (TPSA) is 70.6 Å². The molecule has 0 spiro atoms. The Labute approximate surface area is 107 Å². The number of aryl methyl sites for hydroxylation is 1. The molecule has 0 fully saturated rings. The van der Waals surface area contributed by atoms with E-state index in [2.05, 4.69) is 10.6 Å². The van der Waals surface area contributed by atoms with Crippen LogP contribution in [0.2, 0.25) is 0 Å². The van der Waals surface area contributed by atoms with Gasteiger partial charge >= 0.3 is 6.03 Å². The Kier molecular flexibility index (Phi) is 6.83. The zero-order valence-corrected chi connectivity index (χ0v) is 10.6. The number of carbonyl (C=O) groups excluding carboxylic acids is 1. The average molecular weight is 252 g/mol. The van der Waals surface area contributed by atoms with Gasteiger partial charge in [0, 0.05) is 13.1 Å². The largest absolute Gasteiger partial charge is 0.394 e. The maximum Gasteiger partial charge on any atom is 0.315 e. The van der Waals surface area contributed by atoms with Crippen LogP contribution in [0.5, 0.6) is 0 Å². The number of rotatable bonds is 7. The molecule has 5 heteroatoms. The summed E-state index contributed by atoms with van der Waals surface area (Å²) in [6.07, 6.45) is 0. The fourth-order valence-electron chi connectivity index (χ4n) is 1.45. The van der Waals surface area contributed by atoms with Crippen molar-refractivity contribution in [1.82, 2.24) is 10.6 Å². The van der Waals surface area contributed by atoms with Gasteiger partial charge in [-0.1, -0.05) is 24.3 Å². The molecule has 0 saturated carbocycles. The Morgan fingerprint density at radius 2 is 2.06 bits per heavy atom. The number of urea groups is 1. The summed E-state index contributed by atoms with van der Waals surface area (Å²) in [7, 11) is 0. The fraction of sp³-hybridized carbons (Fsp3) is 0.462. The zero-order chi connectivity index (χ0) is 13.2. The van der Waals surface area contributed by atoms with Gasteiger partial charge in [0.05, 0.1) is 19.8 Å². The molecule has 2 amide bonds. The van der Waals surface area contributed by atoms with Crippen LogP contribution in [0.15, 0.2) is 24.3 Å². The van der Waals surface area contributed by atoms with Crippen molar-refractivity contribution in [3.8, 4) is 0 Å². The predicted molar refractivity (Wildman–Crippen MR) is 69.3 cm³/mol. The van der Waals surface area contributed by atoms with E-state index >= 15 is 0 Å². The molecule has 1 aromatic rings. The van der Waals surface area contributed by atoms with Gasteiger partial charge in [-0.3, -0.25) is 0 Å². The summed E-state index contributed by atoms with van der Waals surface area (Å²) >= 11 is 0. The Hall–Kier alpha value is -1.59. The lowest BCUT2D eigenvalue weighted by molar-refractivity contribution is 0.0947. The lowest BCUT2D eigenvalue weighted by Gasteiger charge is -2.09. The van der Waals surface area contributed by atoms with Crippen molar-refractivity contribution in [2.75, 3.05) is 26.4 Å². The molecule has 3 N–H and O–H groups in total. The van der Waals surface area contributed by atoms with Crippen molar-refractivity contribution in [3.05, 3.63) is 35.4 Å². The molecule has 0 bridgehead atoms. The SMILES string of the molecule is Cc1ccccc1CNC(=O)NCCOCCO. The number of nitrogens with one attached hydrogen (secondary N) is 2. The minimum atomic E-state index is -0.217. The zero-order valence-electron chi connectivity index (χ0n) is 10.6. The number of aliphatic hydroxyl groups excluding tert-OH is 1. The summed E-state index contributed by atoms with van der Waals surface area (Å²) in [6.45, 7) is 3.65. The highest BCUT2D eigenvalue weighted by Crippen LogP contribution is 2.05. The standard InChI is InChI=1S/C13H20N2O3/c1-11-4-2-3-5-12(11)10-15-13(17)14-6-8-18-9-7-16/h2-5,16H,6-10H2,1H3,(H2,14,15,17). The van der Waals surface area contributed by atoms with Crippen LogP contribution in [0.1, 0.15) is 11.1 Å². The monoisotopic (exact) mass is 252 g/mol. The van der Waals surface area contributed by atoms with Crippen LogP contribution >= 0.6 is 0 Å². The van der Waals surface area contributed by atoms with Gasteiger partial charge in [0.2, 0.25) is 0 Å². The molecule has 0 heterocycles. The van der Waals surface area contributed by atoms with Gasteiger partial charge in [-0.15, -0.1) is 0 Å². The number of aliphatic hydroxyl groups is 1. The van der Waals surface area contributed by atoms with E-state index in [1.165, 1.54) is 0 Å². The molecule has 0 atom stereocenters. The summed E-state index contributed by atoms with van der Waals surface area (Å²) in [4.78, 5) is 11.4. The van der Waals surface area contributed by atoms with Gasteiger partial charge in [0.1, 0.15) is 0 Å². The van der Waals surface area contributed by atoms with Gasteiger partial charge in [0.15, 0.2) is 0 Å². The van der Waals surface area contributed by atoms with E-state index in [0.29, 0.717) is 26.3 Å². The van der Waals surface area contributed by atoms with Crippen LogP contribution in [-0.2, 0) is 11.3 Å². The Bertz CT molecular complexity index is 369. The van der Waals surface area contributed by atoms with Crippen molar-refractivity contribution >= 4 is 6.03 Å². The predicted octanol–water partition coefficient (Wildman–Crippen LogP) is 0.803. The smallest absolute Gasteiger partial charge is 0.315 e. The maximum atomic E-state index is 11.4. The first-order valence-electron chi connectivity index (χ1n) is 5.99. The number of benzene rings is 1. The van der Waals surface area contributed by atoms with E-state index in [4.69, 9.17) is 9.84 Å². The first-order chi connectivity index (χ1) is 8.74. The minimum Gasteiger partial charge on any atom is -0.394 e. The highest BCUT2D eigenvalue weighted by molar-refractivity contribution is 5.73.